The molecule has 7 heteroatoms. The van der Waals surface area contributed by atoms with Crippen molar-refractivity contribution in [2.45, 2.75) is 51.7 Å². The van der Waals surface area contributed by atoms with Gasteiger partial charge in [0.2, 0.25) is 15.9 Å². The van der Waals surface area contributed by atoms with Gasteiger partial charge in [-0.3, -0.25) is 9.69 Å². The van der Waals surface area contributed by atoms with Crippen LogP contribution in [0, 0.1) is 17.8 Å². The van der Waals surface area contributed by atoms with Gasteiger partial charge in [0.1, 0.15) is 6.04 Å². The molecule has 156 valence electrons. The van der Waals surface area contributed by atoms with E-state index >= 15 is 0 Å². The van der Waals surface area contributed by atoms with Gasteiger partial charge < -0.3 is 5.32 Å². The van der Waals surface area contributed by atoms with Crippen LogP contribution >= 0.6 is 0 Å². The number of benzene rings is 1. The van der Waals surface area contributed by atoms with Crippen LogP contribution in [-0.2, 0) is 21.4 Å². The van der Waals surface area contributed by atoms with Crippen molar-refractivity contribution in [2.75, 3.05) is 19.3 Å². The summed E-state index contributed by atoms with van der Waals surface area (Å²) in [6.45, 7) is 6.99. The Kier molecular flexibility index (Phi) is 6.78. The molecule has 2 aliphatic rings. The molecule has 2 fully saturated rings. The van der Waals surface area contributed by atoms with Gasteiger partial charge in [-0.15, -0.1) is 0 Å². The minimum Gasteiger partial charge on any atom is -0.352 e. The number of amides is 1. The van der Waals surface area contributed by atoms with Crippen molar-refractivity contribution in [3.8, 4) is 0 Å². The van der Waals surface area contributed by atoms with Gasteiger partial charge in [0.05, 0.1) is 6.26 Å². The van der Waals surface area contributed by atoms with Crippen molar-refractivity contribution in [1.29, 1.82) is 0 Å². The molecule has 0 radical (unpaired) electrons. The zero-order chi connectivity index (χ0) is 20.3. The van der Waals surface area contributed by atoms with E-state index in [1.54, 1.807) is 0 Å². The van der Waals surface area contributed by atoms with Gasteiger partial charge >= 0.3 is 0 Å². The predicted octanol–water partition coefficient (Wildman–Crippen LogP) is 1.98. The Hall–Kier alpha value is -1.44. The van der Waals surface area contributed by atoms with E-state index in [1.165, 1.54) is 5.56 Å². The fourth-order valence-corrected chi connectivity index (χ4v) is 5.45. The average Bonchev–Trinajstić information content (AvgIpc) is 3.15. The highest BCUT2D eigenvalue weighted by atomic mass is 32.2. The van der Waals surface area contributed by atoms with E-state index in [9.17, 15) is 13.2 Å². The Morgan fingerprint density at radius 3 is 2.54 bits per heavy atom. The van der Waals surface area contributed by atoms with Crippen molar-refractivity contribution in [2.24, 2.45) is 17.8 Å². The van der Waals surface area contributed by atoms with E-state index in [0.29, 0.717) is 18.3 Å². The van der Waals surface area contributed by atoms with E-state index in [1.807, 2.05) is 19.9 Å². The second-order valence-corrected chi connectivity index (χ2v) is 10.6. The minimum atomic E-state index is -3.43. The lowest BCUT2D eigenvalue weighted by atomic mass is 9.97. The third-order valence-electron chi connectivity index (χ3n) is 5.89. The summed E-state index contributed by atoms with van der Waals surface area (Å²) < 4.78 is 25.8. The maximum atomic E-state index is 12.8. The molecule has 0 spiro atoms. The number of carbonyl (C=O) groups is 1. The molecule has 6 nitrogen and oxygen atoms in total. The highest BCUT2D eigenvalue weighted by Crippen LogP contribution is 2.38. The first-order valence-electron chi connectivity index (χ1n) is 10.2. The third-order valence-corrected chi connectivity index (χ3v) is 6.60. The predicted molar refractivity (Wildman–Crippen MR) is 111 cm³/mol. The Labute approximate surface area is 169 Å². The van der Waals surface area contributed by atoms with Crippen LogP contribution in [0.3, 0.4) is 0 Å². The highest BCUT2D eigenvalue weighted by molar-refractivity contribution is 7.88. The zero-order valence-electron chi connectivity index (χ0n) is 17.1. The van der Waals surface area contributed by atoms with Gasteiger partial charge in [0.25, 0.3) is 0 Å². The monoisotopic (exact) mass is 407 g/mol. The number of rotatable bonds is 8. The summed E-state index contributed by atoms with van der Waals surface area (Å²) in [5.41, 5.74) is 1.32. The molecule has 0 bridgehead atoms. The van der Waals surface area contributed by atoms with Crippen LogP contribution in [0.5, 0.6) is 0 Å². The molecule has 1 saturated carbocycles. The summed E-state index contributed by atoms with van der Waals surface area (Å²) in [4.78, 5) is 15.3. The lowest BCUT2D eigenvalue weighted by Crippen LogP contribution is -2.51. The summed E-state index contributed by atoms with van der Waals surface area (Å²) in [7, 11) is -3.43. The van der Waals surface area contributed by atoms with Gasteiger partial charge in [-0.25, -0.2) is 13.1 Å². The normalized spacial score (nSPS) is 26.4. The molecule has 1 aromatic rings. The molecule has 2 N–H and O–H groups in total. The van der Waals surface area contributed by atoms with Gasteiger partial charge in [0, 0.05) is 25.7 Å². The van der Waals surface area contributed by atoms with E-state index in [4.69, 9.17) is 0 Å². The van der Waals surface area contributed by atoms with E-state index in [0.717, 1.165) is 38.7 Å². The Morgan fingerprint density at radius 1 is 1.18 bits per heavy atom. The number of carbonyl (C=O) groups excluding carboxylic acids is 1. The third kappa shape index (κ3) is 5.78. The first-order valence-corrected chi connectivity index (χ1v) is 12.1. The molecule has 28 heavy (non-hydrogen) atoms. The van der Waals surface area contributed by atoms with Crippen LogP contribution in [0.1, 0.15) is 38.7 Å². The topological polar surface area (TPSA) is 78.5 Å². The largest absolute Gasteiger partial charge is 0.352 e. The summed E-state index contributed by atoms with van der Waals surface area (Å²) in [6.07, 6.45) is 3.71. The van der Waals surface area contributed by atoms with Crippen molar-refractivity contribution in [3.63, 3.8) is 0 Å². The van der Waals surface area contributed by atoms with Gasteiger partial charge in [-0.1, -0.05) is 44.2 Å². The van der Waals surface area contributed by atoms with Gasteiger partial charge in [0.15, 0.2) is 0 Å². The van der Waals surface area contributed by atoms with Crippen LogP contribution in [0.2, 0.25) is 0 Å². The zero-order valence-corrected chi connectivity index (χ0v) is 17.9. The van der Waals surface area contributed by atoms with E-state index in [-0.39, 0.29) is 17.9 Å². The smallest absolute Gasteiger partial charge is 0.238 e. The number of hydrogen-bond donors (Lipinski definition) is 2. The summed E-state index contributed by atoms with van der Waals surface area (Å²) >= 11 is 0. The number of sulfonamides is 1. The molecule has 3 rings (SSSR count). The first-order chi connectivity index (χ1) is 13.2. The molecule has 1 amide bonds. The molecular formula is C21H33N3O3S. The molecule has 0 aromatic heterocycles. The van der Waals surface area contributed by atoms with Crippen molar-refractivity contribution < 1.29 is 13.2 Å². The summed E-state index contributed by atoms with van der Waals surface area (Å²) in [5.74, 6) is 1.10. The van der Waals surface area contributed by atoms with Crippen molar-refractivity contribution in [3.05, 3.63) is 35.9 Å². The standard InChI is InChI=1S/C21H33N3O3S/c1-15(2)11-20(23-28(3,26)27)21(25)22-19-10-9-17-13-24(14-18(17)19)12-16-7-5-4-6-8-16/h4-8,15,17-20,23H,9-14H2,1-3H3,(H,22,25)/t17-,18+,19+,20-/m0/s1. The van der Waals surface area contributed by atoms with Crippen LogP contribution in [0.15, 0.2) is 30.3 Å². The summed E-state index contributed by atoms with van der Waals surface area (Å²) in [6, 6.07) is 9.91. The molecular weight excluding hydrogens is 374 g/mol. The average molecular weight is 408 g/mol. The molecule has 1 aliphatic carbocycles. The number of likely N-dealkylation sites (tertiary alicyclic amines) is 1. The number of nitrogens with one attached hydrogen (secondary N) is 2. The number of hydrogen-bond acceptors (Lipinski definition) is 4. The molecule has 1 heterocycles. The second-order valence-electron chi connectivity index (χ2n) is 8.87. The molecule has 1 saturated heterocycles. The van der Waals surface area contributed by atoms with Gasteiger partial charge in [-0.05, 0) is 42.6 Å². The Balaban J connectivity index is 1.59. The quantitative estimate of drug-likeness (QED) is 0.691. The number of nitrogens with zero attached hydrogens (tertiary/aromatic N) is 1. The van der Waals surface area contributed by atoms with Crippen LogP contribution in [0.4, 0.5) is 0 Å². The minimum absolute atomic E-state index is 0.134. The van der Waals surface area contributed by atoms with Crippen molar-refractivity contribution in [1.82, 2.24) is 14.9 Å². The maximum absolute atomic E-state index is 12.8. The first kappa shape index (κ1) is 21.3. The summed E-state index contributed by atoms with van der Waals surface area (Å²) in [5, 5.41) is 3.17. The number of fused-ring (bicyclic) bond motifs is 1. The molecule has 0 unspecified atom stereocenters. The Morgan fingerprint density at radius 2 is 1.89 bits per heavy atom. The van der Waals surface area contributed by atoms with E-state index < -0.39 is 16.1 Å². The van der Waals surface area contributed by atoms with Gasteiger partial charge in [-0.2, -0.15) is 0 Å². The fourth-order valence-electron chi connectivity index (χ4n) is 4.73. The van der Waals surface area contributed by atoms with Crippen LogP contribution in [0.25, 0.3) is 0 Å². The second kappa shape index (κ2) is 8.93. The Bertz CT molecular complexity index is 766. The highest BCUT2D eigenvalue weighted by Gasteiger charge is 2.43. The van der Waals surface area contributed by atoms with E-state index in [2.05, 4.69) is 39.2 Å². The maximum Gasteiger partial charge on any atom is 0.238 e. The molecule has 4 atom stereocenters. The lowest BCUT2D eigenvalue weighted by Gasteiger charge is -2.25. The molecule has 1 aliphatic heterocycles. The SMILES string of the molecule is CC(C)C[C@H](NS(C)(=O)=O)C(=O)N[C@@H]1CC[C@H]2CN(Cc3ccccc3)C[C@H]21. The molecule has 1 aromatic carbocycles. The van der Waals surface area contributed by atoms with Crippen LogP contribution in [-0.4, -0.2) is 50.7 Å². The fraction of sp³-hybridized carbons (Fsp3) is 0.667. The van der Waals surface area contributed by atoms with Crippen molar-refractivity contribution >= 4 is 15.9 Å². The lowest BCUT2D eigenvalue weighted by molar-refractivity contribution is -0.124. The van der Waals surface area contributed by atoms with Crippen LogP contribution < -0.4 is 10.0 Å².